The van der Waals surface area contributed by atoms with E-state index in [9.17, 15) is 14.4 Å². The molecule has 0 aromatic heterocycles. The summed E-state index contributed by atoms with van der Waals surface area (Å²) in [6.07, 6.45) is 72.2. The van der Waals surface area contributed by atoms with Gasteiger partial charge in [-0.15, -0.1) is 0 Å². The van der Waals surface area contributed by atoms with Crippen LogP contribution in [-0.4, -0.2) is 37.2 Å². The van der Waals surface area contributed by atoms with Crippen molar-refractivity contribution in [1.29, 1.82) is 0 Å². The van der Waals surface area contributed by atoms with E-state index in [2.05, 4.69) is 93.7 Å². The van der Waals surface area contributed by atoms with Crippen molar-refractivity contribution in [1.82, 2.24) is 0 Å². The number of hydrogen-bond donors (Lipinski definition) is 0. The Balaban J connectivity index is 4.12. The van der Waals surface area contributed by atoms with Gasteiger partial charge in [0.2, 0.25) is 0 Å². The third-order valence-electron chi connectivity index (χ3n) is 12.5. The van der Waals surface area contributed by atoms with Gasteiger partial charge >= 0.3 is 17.9 Å². The van der Waals surface area contributed by atoms with E-state index in [0.29, 0.717) is 19.3 Å². The topological polar surface area (TPSA) is 78.9 Å². The standard InChI is InChI=1S/C62H108O6/c1-4-7-10-13-15-17-19-21-23-25-27-29-30-31-32-33-35-36-38-40-42-44-46-49-52-55-61(64)67-58-59(57-66-60(63)54-51-48-12-9-6-3)68-62(65)56-53-50-47-45-43-41-39-37-34-28-26-24-22-20-18-16-14-11-8-5-2/h7,10,15,17,21,23,27,29,31-32,35-36,59H,4-6,8-9,11-14,16,18-20,22,24-26,28,30,33-34,37-58H2,1-3H3/b10-7-,17-15-,23-21-,29-27-,32-31-,36-35-. The van der Waals surface area contributed by atoms with Crippen LogP contribution in [0, 0.1) is 0 Å². The van der Waals surface area contributed by atoms with Crippen molar-refractivity contribution in [3.05, 3.63) is 72.9 Å². The molecule has 0 aliphatic rings. The van der Waals surface area contributed by atoms with E-state index in [-0.39, 0.29) is 31.1 Å². The maximum atomic E-state index is 12.8. The molecule has 68 heavy (non-hydrogen) atoms. The molecule has 1 atom stereocenters. The molecule has 0 fully saturated rings. The second kappa shape index (κ2) is 56.4. The number of carbonyl (C=O) groups is 3. The highest BCUT2D eigenvalue weighted by atomic mass is 16.6. The van der Waals surface area contributed by atoms with Gasteiger partial charge in [0, 0.05) is 19.3 Å². The van der Waals surface area contributed by atoms with Crippen LogP contribution in [0.2, 0.25) is 0 Å². The Morgan fingerprint density at radius 3 is 0.897 bits per heavy atom. The molecule has 0 heterocycles. The molecule has 6 heteroatoms. The van der Waals surface area contributed by atoms with Crippen molar-refractivity contribution in [2.45, 2.75) is 290 Å². The van der Waals surface area contributed by atoms with Gasteiger partial charge in [0.1, 0.15) is 13.2 Å². The van der Waals surface area contributed by atoms with E-state index in [1.807, 2.05) is 0 Å². The minimum atomic E-state index is -0.776. The Hall–Kier alpha value is -3.15. The number of allylic oxidation sites excluding steroid dienone is 12. The molecule has 1 unspecified atom stereocenters. The van der Waals surface area contributed by atoms with Crippen molar-refractivity contribution in [3.63, 3.8) is 0 Å². The fraction of sp³-hybridized carbons (Fsp3) is 0.758. The summed E-state index contributed by atoms with van der Waals surface area (Å²) in [7, 11) is 0. The van der Waals surface area contributed by atoms with Crippen LogP contribution < -0.4 is 0 Å². The number of ether oxygens (including phenoxy) is 3. The molecule has 0 aliphatic carbocycles. The van der Waals surface area contributed by atoms with Crippen molar-refractivity contribution in [3.8, 4) is 0 Å². The Kier molecular flexibility index (Phi) is 53.8. The smallest absolute Gasteiger partial charge is 0.306 e. The zero-order valence-corrected chi connectivity index (χ0v) is 44.9. The lowest BCUT2D eigenvalue weighted by atomic mass is 10.0. The zero-order valence-electron chi connectivity index (χ0n) is 44.9. The second-order valence-corrected chi connectivity index (χ2v) is 19.2. The van der Waals surface area contributed by atoms with Gasteiger partial charge in [0.05, 0.1) is 0 Å². The first kappa shape index (κ1) is 64.8. The molecule has 0 N–H and O–H groups in total. The summed E-state index contributed by atoms with van der Waals surface area (Å²) in [5.41, 5.74) is 0. The van der Waals surface area contributed by atoms with Gasteiger partial charge in [-0.05, 0) is 70.6 Å². The van der Waals surface area contributed by atoms with Crippen molar-refractivity contribution >= 4 is 17.9 Å². The van der Waals surface area contributed by atoms with E-state index in [0.717, 1.165) is 109 Å². The lowest BCUT2D eigenvalue weighted by Gasteiger charge is -2.18. The maximum Gasteiger partial charge on any atom is 0.306 e. The van der Waals surface area contributed by atoms with Crippen LogP contribution in [0.1, 0.15) is 284 Å². The number of esters is 3. The lowest BCUT2D eigenvalue weighted by Crippen LogP contribution is -2.30. The second-order valence-electron chi connectivity index (χ2n) is 19.2. The van der Waals surface area contributed by atoms with Crippen molar-refractivity contribution in [2.75, 3.05) is 13.2 Å². The number of unbranched alkanes of at least 4 members (excludes halogenated alkanes) is 29. The first-order chi connectivity index (χ1) is 33.5. The monoisotopic (exact) mass is 949 g/mol. The highest BCUT2D eigenvalue weighted by Crippen LogP contribution is 2.16. The molecule has 0 bridgehead atoms. The van der Waals surface area contributed by atoms with Gasteiger partial charge in [-0.2, -0.15) is 0 Å². The predicted octanol–water partition coefficient (Wildman–Crippen LogP) is 19.4. The van der Waals surface area contributed by atoms with Gasteiger partial charge in [0.25, 0.3) is 0 Å². The van der Waals surface area contributed by atoms with Crippen LogP contribution in [0.4, 0.5) is 0 Å². The molecule has 0 rings (SSSR count). The molecule has 0 saturated heterocycles. The van der Waals surface area contributed by atoms with E-state index < -0.39 is 6.10 Å². The van der Waals surface area contributed by atoms with Crippen LogP contribution in [0.15, 0.2) is 72.9 Å². The zero-order chi connectivity index (χ0) is 49.3. The lowest BCUT2D eigenvalue weighted by molar-refractivity contribution is -0.167. The average molecular weight is 950 g/mol. The minimum absolute atomic E-state index is 0.0787. The fourth-order valence-electron chi connectivity index (χ4n) is 8.15. The molecule has 0 radical (unpaired) electrons. The summed E-state index contributed by atoms with van der Waals surface area (Å²) < 4.78 is 16.7. The van der Waals surface area contributed by atoms with Crippen molar-refractivity contribution in [2.24, 2.45) is 0 Å². The van der Waals surface area contributed by atoms with E-state index in [1.54, 1.807) is 0 Å². The van der Waals surface area contributed by atoms with Gasteiger partial charge in [-0.25, -0.2) is 0 Å². The number of rotatable bonds is 52. The first-order valence-electron chi connectivity index (χ1n) is 28.9. The molecule has 392 valence electrons. The third kappa shape index (κ3) is 53.8. The van der Waals surface area contributed by atoms with Gasteiger partial charge < -0.3 is 14.2 Å². The molecule has 6 nitrogen and oxygen atoms in total. The van der Waals surface area contributed by atoms with E-state index >= 15 is 0 Å². The van der Waals surface area contributed by atoms with Crippen molar-refractivity contribution < 1.29 is 28.6 Å². The Morgan fingerprint density at radius 2 is 0.574 bits per heavy atom. The normalized spacial score (nSPS) is 12.6. The van der Waals surface area contributed by atoms with Crippen LogP contribution in [0.5, 0.6) is 0 Å². The highest BCUT2D eigenvalue weighted by Gasteiger charge is 2.19. The third-order valence-corrected chi connectivity index (χ3v) is 12.5. The molecule has 0 aromatic rings. The molecule has 0 spiro atoms. The van der Waals surface area contributed by atoms with E-state index in [1.165, 1.54) is 135 Å². The van der Waals surface area contributed by atoms with Crippen LogP contribution in [-0.2, 0) is 28.6 Å². The van der Waals surface area contributed by atoms with Crippen LogP contribution in [0.25, 0.3) is 0 Å². The number of hydrogen-bond acceptors (Lipinski definition) is 6. The molecule has 0 aromatic carbocycles. The summed E-state index contributed by atoms with van der Waals surface area (Å²) >= 11 is 0. The highest BCUT2D eigenvalue weighted by molar-refractivity contribution is 5.71. The Morgan fingerprint density at radius 1 is 0.309 bits per heavy atom. The van der Waals surface area contributed by atoms with Gasteiger partial charge in [0.15, 0.2) is 6.10 Å². The van der Waals surface area contributed by atoms with Crippen LogP contribution in [0.3, 0.4) is 0 Å². The van der Waals surface area contributed by atoms with E-state index in [4.69, 9.17) is 14.2 Å². The minimum Gasteiger partial charge on any atom is -0.462 e. The predicted molar refractivity (Wildman–Crippen MR) is 293 cm³/mol. The number of carbonyl (C=O) groups excluding carboxylic acids is 3. The molecule has 0 amide bonds. The molecular formula is C62H108O6. The molecule has 0 aliphatic heterocycles. The Bertz CT molecular complexity index is 1270. The fourth-order valence-corrected chi connectivity index (χ4v) is 8.15. The SMILES string of the molecule is CC/C=C\C/C=C\C/C=C\C/C=C\C/C=C\C/C=C\CCCCCCCCC(=O)OCC(COC(=O)CCCCCCC)OC(=O)CCCCCCCCCCCCCCCCCCCCCC. The molecular weight excluding hydrogens is 841 g/mol. The summed E-state index contributed by atoms with van der Waals surface area (Å²) in [5, 5.41) is 0. The maximum absolute atomic E-state index is 12.8. The van der Waals surface area contributed by atoms with Gasteiger partial charge in [-0.3, -0.25) is 14.4 Å². The quantitative estimate of drug-likeness (QED) is 0.0262. The largest absolute Gasteiger partial charge is 0.462 e. The summed E-state index contributed by atoms with van der Waals surface area (Å²) in [5.74, 6) is -0.898. The summed E-state index contributed by atoms with van der Waals surface area (Å²) in [6, 6.07) is 0. The summed E-state index contributed by atoms with van der Waals surface area (Å²) in [6.45, 7) is 6.46. The van der Waals surface area contributed by atoms with Gasteiger partial charge in [-0.1, -0.05) is 267 Å². The first-order valence-corrected chi connectivity index (χ1v) is 28.9. The molecule has 0 saturated carbocycles. The summed E-state index contributed by atoms with van der Waals surface area (Å²) in [4.78, 5) is 37.8. The average Bonchev–Trinajstić information content (AvgIpc) is 3.34. The Labute approximate surface area is 421 Å². The van der Waals surface area contributed by atoms with Crippen LogP contribution >= 0.6 is 0 Å².